The zero-order chi connectivity index (χ0) is 18.4. The summed E-state index contributed by atoms with van der Waals surface area (Å²) in [4.78, 5) is 4.22. The number of nitrogens with zero attached hydrogens (tertiary/aromatic N) is 3. The molecule has 0 N–H and O–H groups in total. The summed E-state index contributed by atoms with van der Waals surface area (Å²) in [5.74, 6) is 0.849. The van der Waals surface area contributed by atoms with E-state index in [1.54, 1.807) is 6.20 Å². The Bertz CT molecular complexity index is 891. The van der Waals surface area contributed by atoms with Gasteiger partial charge in [-0.05, 0) is 57.4 Å². The number of hydrogen-bond acceptors (Lipinski definition) is 6. The summed E-state index contributed by atoms with van der Waals surface area (Å²) in [6.45, 7) is 8.16. The molecule has 132 valence electrons. The van der Waals surface area contributed by atoms with Gasteiger partial charge in [-0.1, -0.05) is 18.2 Å². The Balaban J connectivity index is 1.55. The van der Waals surface area contributed by atoms with Gasteiger partial charge in [0.05, 0.1) is 11.2 Å². The molecule has 1 aromatic carbocycles. The third kappa shape index (κ3) is 2.93. The van der Waals surface area contributed by atoms with Crippen molar-refractivity contribution >= 4 is 12.6 Å². The Morgan fingerprint density at radius 2 is 1.46 bits per heavy atom. The molecule has 1 aliphatic heterocycles. The van der Waals surface area contributed by atoms with E-state index in [1.165, 1.54) is 0 Å². The van der Waals surface area contributed by atoms with E-state index in [4.69, 9.17) is 13.7 Å². The fourth-order valence-electron chi connectivity index (χ4n) is 2.69. The predicted octanol–water partition coefficient (Wildman–Crippen LogP) is 3.10. The van der Waals surface area contributed by atoms with Crippen LogP contribution in [0.3, 0.4) is 0 Å². The standard InChI is InChI=1S/C19H20BN3O3/c1-18(2)19(3,4)26-20(25-18)14-10-8-13(9-11-14)16-22-23-17(24-16)15-7-5-6-12-21-15/h5-12H,1-4H3. The van der Waals surface area contributed by atoms with Crippen LogP contribution < -0.4 is 5.46 Å². The first kappa shape index (κ1) is 16.9. The Hall–Kier alpha value is -2.51. The van der Waals surface area contributed by atoms with Crippen LogP contribution in [0.1, 0.15) is 27.7 Å². The summed E-state index contributed by atoms with van der Waals surface area (Å²) in [5.41, 5.74) is 1.72. The number of hydrogen-bond donors (Lipinski definition) is 0. The van der Waals surface area contributed by atoms with Crippen molar-refractivity contribution in [3.63, 3.8) is 0 Å². The fraction of sp³-hybridized carbons (Fsp3) is 0.316. The molecule has 0 atom stereocenters. The molecule has 0 unspecified atom stereocenters. The van der Waals surface area contributed by atoms with Gasteiger partial charge in [-0.25, -0.2) is 0 Å². The first-order valence-electron chi connectivity index (χ1n) is 8.57. The van der Waals surface area contributed by atoms with E-state index in [1.807, 2.05) is 70.2 Å². The van der Waals surface area contributed by atoms with Gasteiger partial charge in [-0.15, -0.1) is 10.2 Å². The van der Waals surface area contributed by atoms with Crippen LogP contribution in [-0.2, 0) is 9.31 Å². The Morgan fingerprint density at radius 3 is 2.08 bits per heavy atom. The van der Waals surface area contributed by atoms with Gasteiger partial charge >= 0.3 is 7.12 Å². The number of aromatic nitrogens is 3. The van der Waals surface area contributed by atoms with E-state index in [-0.39, 0.29) is 18.3 Å². The SMILES string of the molecule is CC1(C)OB(c2ccc(-c3nnc(-c4ccccn4)o3)cc2)OC1(C)C. The maximum atomic E-state index is 6.08. The smallest absolute Gasteiger partial charge is 0.415 e. The molecule has 4 rings (SSSR count). The maximum absolute atomic E-state index is 6.08. The minimum absolute atomic E-state index is 0.361. The third-order valence-electron chi connectivity index (χ3n) is 4.99. The predicted molar refractivity (Wildman–Crippen MR) is 98.7 cm³/mol. The first-order chi connectivity index (χ1) is 12.4. The van der Waals surface area contributed by atoms with E-state index in [0.717, 1.165) is 11.0 Å². The largest absolute Gasteiger partial charge is 0.494 e. The maximum Gasteiger partial charge on any atom is 0.494 e. The lowest BCUT2D eigenvalue weighted by molar-refractivity contribution is 0.00578. The van der Waals surface area contributed by atoms with Crippen LogP contribution in [0.25, 0.3) is 23.0 Å². The molecule has 3 heterocycles. The second-order valence-electron chi connectivity index (χ2n) is 7.34. The summed E-state index contributed by atoms with van der Waals surface area (Å²) in [7, 11) is -0.388. The summed E-state index contributed by atoms with van der Waals surface area (Å²) in [6.07, 6.45) is 1.69. The average molecular weight is 349 g/mol. The molecule has 2 aromatic heterocycles. The Kier molecular flexibility index (Phi) is 3.93. The van der Waals surface area contributed by atoms with Crippen LogP contribution in [0.15, 0.2) is 53.1 Å². The van der Waals surface area contributed by atoms with Crippen molar-refractivity contribution in [2.75, 3.05) is 0 Å². The molecule has 1 fully saturated rings. The lowest BCUT2D eigenvalue weighted by Crippen LogP contribution is -2.41. The van der Waals surface area contributed by atoms with Gasteiger partial charge in [0.25, 0.3) is 5.89 Å². The fourth-order valence-corrected chi connectivity index (χ4v) is 2.69. The Morgan fingerprint density at radius 1 is 0.808 bits per heavy atom. The van der Waals surface area contributed by atoms with Crippen LogP contribution in [0.2, 0.25) is 0 Å². The molecule has 0 aliphatic carbocycles. The van der Waals surface area contributed by atoms with Crippen molar-refractivity contribution in [2.24, 2.45) is 0 Å². The van der Waals surface area contributed by atoms with Crippen molar-refractivity contribution in [1.82, 2.24) is 15.2 Å². The van der Waals surface area contributed by atoms with Crippen LogP contribution >= 0.6 is 0 Å². The van der Waals surface area contributed by atoms with Crippen LogP contribution in [0.4, 0.5) is 0 Å². The molecule has 0 bridgehead atoms. The summed E-state index contributed by atoms with van der Waals surface area (Å²) in [5, 5.41) is 8.19. The quantitative estimate of drug-likeness (QED) is 0.677. The van der Waals surface area contributed by atoms with Gasteiger partial charge in [0.1, 0.15) is 5.69 Å². The lowest BCUT2D eigenvalue weighted by atomic mass is 9.79. The highest BCUT2D eigenvalue weighted by atomic mass is 16.7. The summed E-state index contributed by atoms with van der Waals surface area (Å²) < 4.78 is 17.9. The molecular weight excluding hydrogens is 329 g/mol. The minimum atomic E-state index is -0.388. The van der Waals surface area contributed by atoms with E-state index >= 15 is 0 Å². The molecule has 26 heavy (non-hydrogen) atoms. The van der Waals surface area contributed by atoms with Gasteiger partial charge in [-0.3, -0.25) is 4.98 Å². The number of rotatable bonds is 3. The zero-order valence-corrected chi connectivity index (χ0v) is 15.3. The summed E-state index contributed by atoms with van der Waals surface area (Å²) >= 11 is 0. The highest BCUT2D eigenvalue weighted by Crippen LogP contribution is 2.36. The van der Waals surface area contributed by atoms with E-state index in [9.17, 15) is 0 Å². The molecule has 1 saturated heterocycles. The summed E-state index contributed by atoms with van der Waals surface area (Å²) in [6, 6.07) is 13.3. The van der Waals surface area contributed by atoms with Crippen molar-refractivity contribution in [3.8, 4) is 23.0 Å². The lowest BCUT2D eigenvalue weighted by Gasteiger charge is -2.32. The molecule has 0 amide bonds. The average Bonchev–Trinajstić information content (AvgIpc) is 3.19. The van der Waals surface area contributed by atoms with Crippen molar-refractivity contribution in [2.45, 2.75) is 38.9 Å². The molecule has 0 saturated carbocycles. The van der Waals surface area contributed by atoms with Crippen molar-refractivity contribution in [3.05, 3.63) is 48.7 Å². The van der Waals surface area contributed by atoms with Gasteiger partial charge in [0.15, 0.2) is 0 Å². The van der Waals surface area contributed by atoms with Crippen LogP contribution in [0, 0.1) is 0 Å². The third-order valence-corrected chi connectivity index (χ3v) is 4.99. The van der Waals surface area contributed by atoms with Gasteiger partial charge in [-0.2, -0.15) is 0 Å². The Labute approximate surface area is 152 Å². The van der Waals surface area contributed by atoms with E-state index < -0.39 is 0 Å². The number of benzene rings is 1. The highest BCUT2D eigenvalue weighted by molar-refractivity contribution is 6.62. The number of pyridine rings is 1. The van der Waals surface area contributed by atoms with Crippen molar-refractivity contribution in [1.29, 1.82) is 0 Å². The van der Waals surface area contributed by atoms with Crippen molar-refractivity contribution < 1.29 is 13.7 Å². The van der Waals surface area contributed by atoms with Crippen LogP contribution in [-0.4, -0.2) is 33.5 Å². The van der Waals surface area contributed by atoms with E-state index in [2.05, 4.69) is 15.2 Å². The molecule has 1 aliphatic rings. The zero-order valence-electron chi connectivity index (χ0n) is 15.3. The molecule has 6 nitrogen and oxygen atoms in total. The normalized spacial score (nSPS) is 18.2. The second kappa shape index (κ2) is 6.04. The highest BCUT2D eigenvalue weighted by Gasteiger charge is 2.51. The van der Waals surface area contributed by atoms with E-state index in [0.29, 0.717) is 17.5 Å². The molecule has 0 radical (unpaired) electrons. The van der Waals surface area contributed by atoms with Gasteiger partial charge < -0.3 is 13.7 Å². The topological polar surface area (TPSA) is 70.3 Å². The first-order valence-corrected chi connectivity index (χ1v) is 8.57. The monoisotopic (exact) mass is 349 g/mol. The second-order valence-corrected chi connectivity index (χ2v) is 7.34. The molecule has 3 aromatic rings. The molecular formula is C19H20BN3O3. The molecule has 7 heteroatoms. The van der Waals surface area contributed by atoms with Gasteiger partial charge in [0, 0.05) is 11.8 Å². The van der Waals surface area contributed by atoms with Gasteiger partial charge in [0.2, 0.25) is 5.89 Å². The molecule has 0 spiro atoms. The minimum Gasteiger partial charge on any atom is -0.415 e. The van der Waals surface area contributed by atoms with Crippen LogP contribution in [0.5, 0.6) is 0 Å².